The fraction of sp³-hybridized carbons (Fsp3) is 0.192. The van der Waals surface area contributed by atoms with Crippen molar-refractivity contribution >= 4 is 28.9 Å². The second kappa shape index (κ2) is 9.14. The van der Waals surface area contributed by atoms with Crippen LogP contribution in [0.15, 0.2) is 79.4 Å². The van der Waals surface area contributed by atoms with E-state index in [1.165, 1.54) is 11.9 Å². The van der Waals surface area contributed by atoms with Gasteiger partial charge in [-0.1, -0.05) is 24.3 Å². The van der Waals surface area contributed by atoms with Crippen molar-refractivity contribution in [3.05, 3.63) is 90.5 Å². The highest BCUT2D eigenvalue weighted by atomic mass is 16.1. The number of fused-ring (bicyclic) bond motifs is 1. The fourth-order valence-electron chi connectivity index (χ4n) is 4.38. The third-order valence-electron chi connectivity index (χ3n) is 6.30. The van der Waals surface area contributed by atoms with Gasteiger partial charge in [0.15, 0.2) is 17.3 Å². The normalized spacial score (nSPS) is 13.8. The van der Waals surface area contributed by atoms with Gasteiger partial charge in [-0.3, -0.25) is 4.79 Å². The van der Waals surface area contributed by atoms with E-state index in [4.69, 9.17) is 5.10 Å². The lowest BCUT2D eigenvalue weighted by molar-refractivity contribution is 0.102. The summed E-state index contributed by atoms with van der Waals surface area (Å²) in [4.78, 5) is 26.7. The maximum Gasteiger partial charge on any atom is 0.262 e. The molecule has 180 valence electrons. The van der Waals surface area contributed by atoms with E-state index in [1.807, 2.05) is 31.2 Å². The Hall–Kier alpha value is -4.73. The summed E-state index contributed by atoms with van der Waals surface area (Å²) >= 11 is 0. The van der Waals surface area contributed by atoms with Gasteiger partial charge in [0.2, 0.25) is 0 Å². The molecule has 0 bridgehead atoms. The number of para-hydroxylation sites is 1. The van der Waals surface area contributed by atoms with Crippen molar-refractivity contribution in [2.75, 3.05) is 41.3 Å². The van der Waals surface area contributed by atoms with Crippen molar-refractivity contribution in [1.29, 1.82) is 0 Å². The van der Waals surface area contributed by atoms with E-state index in [1.54, 1.807) is 33.9 Å². The zero-order valence-corrected chi connectivity index (χ0v) is 19.8. The topological polar surface area (TPSA) is 96.5 Å². The Kier molecular flexibility index (Phi) is 5.53. The minimum Gasteiger partial charge on any atom is -0.368 e. The van der Waals surface area contributed by atoms with Crippen LogP contribution in [0, 0.1) is 6.92 Å². The summed E-state index contributed by atoms with van der Waals surface area (Å²) in [6.07, 6.45) is 6.70. The van der Waals surface area contributed by atoms with Gasteiger partial charge in [0, 0.05) is 56.5 Å². The molecule has 6 rings (SSSR count). The molecule has 0 spiro atoms. The molecular formula is C26H25N9O. The summed E-state index contributed by atoms with van der Waals surface area (Å²) < 4.78 is 3.25. The van der Waals surface area contributed by atoms with Gasteiger partial charge >= 0.3 is 0 Å². The first kappa shape index (κ1) is 21.8. The Morgan fingerprint density at radius 3 is 2.47 bits per heavy atom. The van der Waals surface area contributed by atoms with Crippen molar-refractivity contribution in [2.24, 2.45) is 0 Å². The molecule has 0 unspecified atom stereocenters. The minimum atomic E-state index is -0.308. The van der Waals surface area contributed by atoms with Crippen LogP contribution in [0.5, 0.6) is 0 Å². The van der Waals surface area contributed by atoms with E-state index in [0.717, 1.165) is 37.6 Å². The molecule has 10 nitrogen and oxygen atoms in total. The highest BCUT2D eigenvalue weighted by Gasteiger charge is 2.23. The number of carbonyl (C=O) groups is 1. The number of rotatable bonds is 5. The Bertz CT molecular complexity index is 1500. The molecule has 1 aliphatic heterocycles. The van der Waals surface area contributed by atoms with Crippen LogP contribution >= 0.6 is 0 Å². The van der Waals surface area contributed by atoms with E-state index in [-0.39, 0.29) is 5.91 Å². The Balaban J connectivity index is 1.28. The number of nitrogens with zero attached hydrogens (tertiary/aromatic N) is 8. The molecule has 0 saturated carbocycles. The SMILES string of the molecule is Cc1ccc(-n2nc(N3CCN(c4ccccc4)CC3)cc2NC(=O)c2cnn3cccnc23)nc1. The number of hydrogen-bond donors (Lipinski definition) is 1. The summed E-state index contributed by atoms with van der Waals surface area (Å²) in [5.41, 5.74) is 3.15. The molecular weight excluding hydrogens is 454 g/mol. The van der Waals surface area contributed by atoms with Gasteiger partial charge in [-0.05, 0) is 36.8 Å². The van der Waals surface area contributed by atoms with Crippen LogP contribution < -0.4 is 15.1 Å². The van der Waals surface area contributed by atoms with Crippen LogP contribution in [-0.4, -0.2) is 61.4 Å². The van der Waals surface area contributed by atoms with Crippen molar-refractivity contribution in [2.45, 2.75) is 6.92 Å². The van der Waals surface area contributed by atoms with Gasteiger partial charge in [0.1, 0.15) is 11.4 Å². The third-order valence-corrected chi connectivity index (χ3v) is 6.30. The summed E-state index contributed by atoms with van der Waals surface area (Å²) in [7, 11) is 0. The second-order valence-corrected chi connectivity index (χ2v) is 8.70. The maximum atomic E-state index is 13.2. The summed E-state index contributed by atoms with van der Waals surface area (Å²) in [5, 5.41) is 12.1. The summed E-state index contributed by atoms with van der Waals surface area (Å²) in [5.74, 6) is 1.64. The zero-order valence-electron chi connectivity index (χ0n) is 19.8. The first-order chi connectivity index (χ1) is 17.7. The predicted octanol–water partition coefficient (Wildman–Crippen LogP) is 3.20. The smallest absolute Gasteiger partial charge is 0.262 e. The number of amides is 1. The maximum absolute atomic E-state index is 13.2. The lowest BCUT2D eigenvalue weighted by Crippen LogP contribution is -2.46. The number of nitrogens with one attached hydrogen (secondary N) is 1. The highest BCUT2D eigenvalue weighted by molar-refractivity contribution is 6.08. The third kappa shape index (κ3) is 4.13. The first-order valence-electron chi connectivity index (χ1n) is 11.8. The summed E-state index contributed by atoms with van der Waals surface area (Å²) in [6.45, 7) is 5.39. The van der Waals surface area contributed by atoms with E-state index < -0.39 is 0 Å². The molecule has 10 heteroatoms. The Labute approximate surface area is 207 Å². The fourth-order valence-corrected chi connectivity index (χ4v) is 4.38. The van der Waals surface area contributed by atoms with E-state index in [0.29, 0.717) is 22.8 Å². The average Bonchev–Trinajstić information content (AvgIpc) is 3.54. The van der Waals surface area contributed by atoms with Gasteiger partial charge in [-0.15, -0.1) is 5.10 Å². The van der Waals surface area contributed by atoms with Crippen molar-refractivity contribution in [3.8, 4) is 5.82 Å². The number of piperazine rings is 1. The van der Waals surface area contributed by atoms with Gasteiger partial charge in [-0.25, -0.2) is 14.5 Å². The van der Waals surface area contributed by atoms with Crippen LogP contribution in [0.1, 0.15) is 15.9 Å². The summed E-state index contributed by atoms with van der Waals surface area (Å²) in [6, 6.07) is 18.0. The van der Waals surface area contributed by atoms with Crippen LogP contribution in [0.25, 0.3) is 11.5 Å². The standard InChI is InChI=1S/C26H25N9O/c1-19-8-9-22(28-17-19)35-23(30-26(36)21-18-29-34-11-5-10-27-25(21)34)16-24(31-35)33-14-12-32(13-15-33)20-6-3-2-4-7-20/h2-11,16-18H,12-15H2,1H3,(H,30,36). The molecule has 36 heavy (non-hydrogen) atoms. The van der Waals surface area contributed by atoms with E-state index in [2.05, 4.69) is 54.4 Å². The predicted molar refractivity (Wildman–Crippen MR) is 138 cm³/mol. The Morgan fingerprint density at radius 1 is 0.889 bits per heavy atom. The van der Waals surface area contributed by atoms with E-state index >= 15 is 0 Å². The van der Waals surface area contributed by atoms with Crippen molar-refractivity contribution < 1.29 is 4.79 Å². The minimum absolute atomic E-state index is 0.308. The number of aryl methyl sites for hydroxylation is 1. The largest absolute Gasteiger partial charge is 0.368 e. The molecule has 5 heterocycles. The molecule has 1 N–H and O–H groups in total. The number of hydrogen-bond acceptors (Lipinski definition) is 7. The number of benzene rings is 1. The second-order valence-electron chi connectivity index (χ2n) is 8.70. The molecule has 0 aliphatic carbocycles. The first-order valence-corrected chi connectivity index (χ1v) is 11.8. The quantitative estimate of drug-likeness (QED) is 0.414. The molecule has 1 amide bonds. The highest BCUT2D eigenvalue weighted by Crippen LogP contribution is 2.25. The van der Waals surface area contributed by atoms with Gasteiger partial charge < -0.3 is 15.1 Å². The molecule has 0 atom stereocenters. The molecule has 1 aliphatic rings. The Morgan fingerprint density at radius 2 is 1.69 bits per heavy atom. The number of aromatic nitrogens is 6. The lowest BCUT2D eigenvalue weighted by Gasteiger charge is -2.36. The van der Waals surface area contributed by atoms with Gasteiger partial charge in [-0.2, -0.15) is 9.78 Å². The van der Waals surface area contributed by atoms with Crippen molar-refractivity contribution in [1.82, 2.24) is 29.4 Å². The van der Waals surface area contributed by atoms with Crippen LogP contribution in [0.4, 0.5) is 17.3 Å². The van der Waals surface area contributed by atoms with Crippen LogP contribution in [-0.2, 0) is 0 Å². The van der Waals surface area contributed by atoms with Crippen molar-refractivity contribution in [3.63, 3.8) is 0 Å². The molecule has 1 aromatic carbocycles. The number of anilines is 3. The monoisotopic (exact) mass is 479 g/mol. The molecule has 5 aromatic rings. The zero-order chi connectivity index (χ0) is 24.5. The number of pyridine rings is 1. The van der Waals surface area contributed by atoms with Crippen LogP contribution in [0.3, 0.4) is 0 Å². The number of carbonyl (C=O) groups excluding carboxylic acids is 1. The van der Waals surface area contributed by atoms with Gasteiger partial charge in [0.05, 0.1) is 6.20 Å². The van der Waals surface area contributed by atoms with Gasteiger partial charge in [0.25, 0.3) is 5.91 Å². The molecule has 1 saturated heterocycles. The lowest BCUT2D eigenvalue weighted by atomic mass is 10.2. The molecule has 0 radical (unpaired) electrons. The molecule has 4 aromatic heterocycles. The average molecular weight is 480 g/mol. The van der Waals surface area contributed by atoms with E-state index in [9.17, 15) is 4.79 Å². The van der Waals surface area contributed by atoms with Crippen LogP contribution in [0.2, 0.25) is 0 Å². The molecule has 1 fully saturated rings.